The van der Waals surface area contributed by atoms with Gasteiger partial charge in [-0.1, -0.05) is 6.92 Å². The number of aromatic nitrogens is 1. The molecule has 0 bridgehead atoms. The van der Waals surface area contributed by atoms with E-state index in [1.54, 1.807) is 17.0 Å². The summed E-state index contributed by atoms with van der Waals surface area (Å²) in [5.41, 5.74) is 0.202. The van der Waals surface area contributed by atoms with Crippen molar-refractivity contribution in [1.29, 1.82) is 5.26 Å². The van der Waals surface area contributed by atoms with Crippen molar-refractivity contribution in [2.24, 2.45) is 11.8 Å². The predicted octanol–water partition coefficient (Wildman–Crippen LogP) is 1.62. The maximum Gasteiger partial charge on any atom is 0.266 e. The van der Waals surface area contributed by atoms with Gasteiger partial charge in [-0.05, 0) is 24.5 Å². The van der Waals surface area contributed by atoms with E-state index < -0.39 is 0 Å². The number of hydrogen-bond donors (Lipinski definition) is 1. The summed E-state index contributed by atoms with van der Waals surface area (Å²) in [5, 5.41) is 12.2. The van der Waals surface area contributed by atoms with E-state index in [4.69, 9.17) is 8.83 Å². The van der Waals surface area contributed by atoms with Gasteiger partial charge in [0.15, 0.2) is 5.76 Å². The van der Waals surface area contributed by atoms with E-state index in [1.165, 1.54) is 6.26 Å². The summed E-state index contributed by atoms with van der Waals surface area (Å²) in [5.74, 6) is 1.78. The van der Waals surface area contributed by atoms with Crippen molar-refractivity contribution in [2.45, 2.75) is 19.8 Å². The largest absolute Gasteiger partial charge is 0.459 e. The van der Waals surface area contributed by atoms with Crippen molar-refractivity contribution in [1.82, 2.24) is 15.2 Å². The number of amides is 2. The Kier molecular flexibility index (Phi) is 5.25. The maximum absolute atomic E-state index is 12.4. The minimum absolute atomic E-state index is 0.0168. The van der Waals surface area contributed by atoms with E-state index in [9.17, 15) is 14.9 Å². The van der Waals surface area contributed by atoms with Crippen LogP contribution in [-0.2, 0) is 9.59 Å². The maximum atomic E-state index is 12.4. The van der Waals surface area contributed by atoms with Gasteiger partial charge in [-0.3, -0.25) is 9.59 Å². The average Bonchev–Trinajstić information content (AvgIpc) is 3.15. The summed E-state index contributed by atoms with van der Waals surface area (Å²) in [6.07, 6.45) is 2.75. The van der Waals surface area contributed by atoms with Gasteiger partial charge in [-0.15, -0.1) is 0 Å². The molecule has 2 amide bonds. The third-order valence-corrected chi connectivity index (χ3v) is 5.45. The van der Waals surface area contributed by atoms with E-state index in [0.717, 1.165) is 6.42 Å². The number of nitrogens with one attached hydrogen (secondary N) is 1. The molecule has 2 aromatic heterocycles. The SMILES string of the molecule is CC1CC1C(=O)NCCC(=O)N1CCN(c2oc(-c3ccco3)nc2C#N)CC1. The van der Waals surface area contributed by atoms with Crippen molar-refractivity contribution in [3.05, 3.63) is 24.1 Å². The van der Waals surface area contributed by atoms with Crippen LogP contribution < -0.4 is 10.2 Å². The Balaban J connectivity index is 1.28. The molecule has 3 heterocycles. The molecule has 0 radical (unpaired) electrons. The number of furan rings is 1. The first-order valence-corrected chi connectivity index (χ1v) is 9.82. The Bertz CT molecular complexity index is 921. The van der Waals surface area contributed by atoms with Crippen LogP contribution in [-0.4, -0.2) is 54.4 Å². The number of rotatable bonds is 6. The molecule has 0 spiro atoms. The van der Waals surface area contributed by atoms with Crippen molar-refractivity contribution in [3.63, 3.8) is 0 Å². The number of oxazole rings is 1. The fourth-order valence-corrected chi connectivity index (χ4v) is 3.53. The van der Waals surface area contributed by atoms with Gasteiger partial charge in [0.05, 0.1) is 6.26 Å². The highest BCUT2D eigenvalue weighted by Crippen LogP contribution is 2.37. The van der Waals surface area contributed by atoms with E-state index in [0.29, 0.717) is 56.7 Å². The van der Waals surface area contributed by atoms with Crippen LogP contribution in [0.3, 0.4) is 0 Å². The lowest BCUT2D eigenvalue weighted by Gasteiger charge is -2.34. The monoisotopic (exact) mass is 397 g/mol. The molecule has 9 heteroatoms. The van der Waals surface area contributed by atoms with Crippen molar-refractivity contribution < 1.29 is 18.4 Å². The fraction of sp³-hybridized carbons (Fsp3) is 0.500. The smallest absolute Gasteiger partial charge is 0.266 e. The second-order valence-electron chi connectivity index (χ2n) is 7.49. The molecule has 1 saturated heterocycles. The summed E-state index contributed by atoms with van der Waals surface area (Å²) in [4.78, 5) is 32.1. The summed E-state index contributed by atoms with van der Waals surface area (Å²) in [6.45, 7) is 4.55. The van der Waals surface area contributed by atoms with E-state index in [2.05, 4.69) is 23.3 Å². The molecule has 1 aliphatic carbocycles. The standard InChI is InChI=1S/C20H23N5O4/c1-13-11-14(13)18(27)22-5-4-17(26)24-6-8-25(9-7-24)20-15(12-21)23-19(29-20)16-3-2-10-28-16/h2-3,10,13-14H,4-9,11H2,1H3,(H,22,27). The molecule has 1 N–H and O–H groups in total. The van der Waals surface area contributed by atoms with Crippen LogP contribution in [0.2, 0.25) is 0 Å². The average molecular weight is 397 g/mol. The Morgan fingerprint density at radius 2 is 2.10 bits per heavy atom. The Labute approximate surface area is 168 Å². The van der Waals surface area contributed by atoms with E-state index >= 15 is 0 Å². The van der Waals surface area contributed by atoms with Crippen molar-refractivity contribution in [2.75, 3.05) is 37.6 Å². The summed E-state index contributed by atoms with van der Waals surface area (Å²) < 4.78 is 11.0. The molecule has 0 aromatic carbocycles. The quantitative estimate of drug-likeness (QED) is 0.787. The highest BCUT2D eigenvalue weighted by Gasteiger charge is 2.38. The zero-order valence-corrected chi connectivity index (χ0v) is 16.3. The van der Waals surface area contributed by atoms with Crippen LogP contribution >= 0.6 is 0 Å². The number of anilines is 1. The highest BCUT2D eigenvalue weighted by molar-refractivity contribution is 5.82. The lowest BCUT2D eigenvalue weighted by molar-refractivity contribution is -0.131. The van der Waals surface area contributed by atoms with Gasteiger partial charge in [-0.2, -0.15) is 10.2 Å². The number of piperazine rings is 1. The van der Waals surface area contributed by atoms with Gasteiger partial charge < -0.3 is 24.0 Å². The first-order chi connectivity index (χ1) is 14.1. The first-order valence-electron chi connectivity index (χ1n) is 9.82. The van der Waals surface area contributed by atoms with Crippen LogP contribution in [0.1, 0.15) is 25.5 Å². The third kappa shape index (κ3) is 4.11. The molecular weight excluding hydrogens is 374 g/mol. The van der Waals surface area contributed by atoms with Gasteiger partial charge in [0.25, 0.3) is 5.89 Å². The highest BCUT2D eigenvalue weighted by atomic mass is 16.4. The Morgan fingerprint density at radius 1 is 1.34 bits per heavy atom. The summed E-state index contributed by atoms with van der Waals surface area (Å²) in [7, 11) is 0. The van der Waals surface area contributed by atoms with Crippen LogP contribution in [0.15, 0.2) is 27.2 Å². The molecule has 2 fully saturated rings. The van der Waals surface area contributed by atoms with Crippen molar-refractivity contribution in [3.8, 4) is 17.7 Å². The predicted molar refractivity (Wildman–Crippen MR) is 103 cm³/mol. The molecule has 9 nitrogen and oxygen atoms in total. The molecule has 2 unspecified atom stereocenters. The van der Waals surface area contributed by atoms with Crippen LogP contribution in [0.4, 0.5) is 5.88 Å². The summed E-state index contributed by atoms with van der Waals surface area (Å²) >= 11 is 0. The van der Waals surface area contributed by atoms with Gasteiger partial charge in [0.2, 0.25) is 23.4 Å². The number of nitriles is 1. The Hall–Kier alpha value is -3.28. The minimum Gasteiger partial charge on any atom is -0.459 e. The second-order valence-corrected chi connectivity index (χ2v) is 7.49. The molecule has 2 aliphatic rings. The summed E-state index contributed by atoms with van der Waals surface area (Å²) in [6, 6.07) is 5.50. The molecule has 29 heavy (non-hydrogen) atoms. The molecule has 152 valence electrons. The number of carbonyl (C=O) groups is 2. The minimum atomic E-state index is 0.0168. The zero-order valence-electron chi connectivity index (χ0n) is 16.3. The van der Waals surface area contributed by atoms with Gasteiger partial charge in [0, 0.05) is 45.1 Å². The molecule has 2 aromatic rings. The topological polar surface area (TPSA) is 116 Å². The lowest BCUT2D eigenvalue weighted by Crippen LogP contribution is -2.49. The van der Waals surface area contributed by atoms with Crippen LogP contribution in [0, 0.1) is 23.2 Å². The van der Waals surface area contributed by atoms with Crippen LogP contribution in [0.25, 0.3) is 11.7 Å². The van der Waals surface area contributed by atoms with Crippen molar-refractivity contribution >= 4 is 17.7 Å². The molecule has 2 atom stereocenters. The second kappa shape index (κ2) is 7.99. The fourth-order valence-electron chi connectivity index (χ4n) is 3.53. The van der Waals surface area contributed by atoms with E-state index in [1.807, 2.05) is 4.90 Å². The number of carbonyl (C=O) groups excluding carboxylic acids is 2. The van der Waals surface area contributed by atoms with E-state index in [-0.39, 0.29) is 29.3 Å². The van der Waals surface area contributed by atoms with Gasteiger partial charge in [0.1, 0.15) is 6.07 Å². The molecule has 4 rings (SSSR count). The zero-order chi connectivity index (χ0) is 20.4. The molecular formula is C20H23N5O4. The number of nitrogens with zero attached hydrogens (tertiary/aromatic N) is 4. The van der Waals surface area contributed by atoms with Gasteiger partial charge >= 0.3 is 0 Å². The molecule has 1 saturated carbocycles. The normalized spacial score (nSPS) is 21.0. The molecule has 1 aliphatic heterocycles. The lowest BCUT2D eigenvalue weighted by atomic mass is 10.2. The number of hydrogen-bond acceptors (Lipinski definition) is 7. The first kappa shape index (κ1) is 19.1. The van der Waals surface area contributed by atoms with Gasteiger partial charge in [-0.25, -0.2) is 0 Å². The third-order valence-electron chi connectivity index (χ3n) is 5.45. The Morgan fingerprint density at radius 3 is 2.72 bits per heavy atom. The van der Waals surface area contributed by atoms with Crippen LogP contribution in [0.5, 0.6) is 0 Å².